The Labute approximate surface area is 112 Å². The van der Waals surface area contributed by atoms with Crippen LogP contribution in [0.5, 0.6) is 11.5 Å². The molecule has 6 nitrogen and oxygen atoms in total. The molecule has 0 aliphatic carbocycles. The van der Waals surface area contributed by atoms with E-state index in [2.05, 4.69) is 0 Å². The molecule has 0 amide bonds. The Morgan fingerprint density at radius 2 is 2.05 bits per heavy atom. The van der Waals surface area contributed by atoms with Gasteiger partial charge in [0.05, 0.1) is 14.2 Å². The summed E-state index contributed by atoms with van der Waals surface area (Å²) < 4.78 is 41.7. The van der Waals surface area contributed by atoms with Crippen LogP contribution in [0.2, 0.25) is 0 Å². The van der Waals surface area contributed by atoms with Crippen LogP contribution in [0.15, 0.2) is 23.1 Å². The van der Waals surface area contributed by atoms with E-state index in [4.69, 9.17) is 14.2 Å². The lowest BCUT2D eigenvalue weighted by Gasteiger charge is -2.26. The zero-order valence-electron chi connectivity index (χ0n) is 11.0. The van der Waals surface area contributed by atoms with Gasteiger partial charge in [0.1, 0.15) is 23.1 Å². The first-order valence-electron chi connectivity index (χ1n) is 5.89. The van der Waals surface area contributed by atoms with Crippen molar-refractivity contribution in [3.05, 3.63) is 18.2 Å². The maximum absolute atomic E-state index is 12.5. The number of hydrogen-bond donors (Lipinski definition) is 0. The van der Waals surface area contributed by atoms with Crippen molar-refractivity contribution in [2.75, 3.05) is 34.1 Å². The molecule has 0 spiro atoms. The SMILES string of the molecule is COc1ccc(S(=O)(=O)N2CCCOC2)c(OC)c1. The average molecular weight is 287 g/mol. The third kappa shape index (κ3) is 2.83. The minimum absolute atomic E-state index is 0.0809. The molecule has 1 aliphatic heterocycles. The van der Waals surface area contributed by atoms with Gasteiger partial charge in [-0.05, 0) is 18.6 Å². The highest BCUT2D eigenvalue weighted by atomic mass is 32.2. The van der Waals surface area contributed by atoms with Gasteiger partial charge in [-0.2, -0.15) is 4.31 Å². The van der Waals surface area contributed by atoms with Crippen molar-refractivity contribution in [2.24, 2.45) is 0 Å². The van der Waals surface area contributed by atoms with Gasteiger partial charge in [0.15, 0.2) is 0 Å². The third-order valence-corrected chi connectivity index (χ3v) is 4.78. The molecule has 0 radical (unpaired) electrons. The van der Waals surface area contributed by atoms with Crippen molar-refractivity contribution in [1.82, 2.24) is 4.31 Å². The van der Waals surface area contributed by atoms with Crippen LogP contribution in [0, 0.1) is 0 Å². The zero-order valence-corrected chi connectivity index (χ0v) is 11.8. The number of methoxy groups -OCH3 is 2. The van der Waals surface area contributed by atoms with E-state index in [9.17, 15) is 8.42 Å². The molecular weight excluding hydrogens is 270 g/mol. The van der Waals surface area contributed by atoms with Crippen molar-refractivity contribution >= 4 is 10.0 Å². The van der Waals surface area contributed by atoms with Gasteiger partial charge in [0.25, 0.3) is 0 Å². The molecule has 2 rings (SSSR count). The molecule has 1 saturated heterocycles. The Morgan fingerprint density at radius 3 is 2.63 bits per heavy atom. The Hall–Kier alpha value is -1.31. The molecule has 19 heavy (non-hydrogen) atoms. The van der Waals surface area contributed by atoms with Crippen molar-refractivity contribution in [2.45, 2.75) is 11.3 Å². The van der Waals surface area contributed by atoms with Crippen molar-refractivity contribution in [3.63, 3.8) is 0 Å². The topological polar surface area (TPSA) is 65.1 Å². The van der Waals surface area contributed by atoms with E-state index >= 15 is 0 Å². The van der Waals surface area contributed by atoms with E-state index in [1.807, 2.05) is 0 Å². The molecule has 1 fully saturated rings. The molecule has 7 heteroatoms. The Bertz CT molecular complexity index is 537. The molecular formula is C12H17NO5S. The fourth-order valence-corrected chi connectivity index (χ4v) is 3.39. The molecule has 0 saturated carbocycles. The second-order valence-corrected chi connectivity index (χ2v) is 5.99. The number of sulfonamides is 1. The maximum atomic E-state index is 12.5. The summed E-state index contributed by atoms with van der Waals surface area (Å²) in [6.45, 7) is 1.13. The second kappa shape index (κ2) is 5.77. The monoisotopic (exact) mass is 287 g/mol. The van der Waals surface area contributed by atoms with E-state index in [0.29, 0.717) is 25.3 Å². The molecule has 0 N–H and O–H groups in total. The summed E-state index contributed by atoms with van der Waals surface area (Å²) in [6, 6.07) is 4.64. The highest BCUT2D eigenvalue weighted by Gasteiger charge is 2.29. The summed E-state index contributed by atoms with van der Waals surface area (Å²) in [5.74, 6) is 0.815. The fraction of sp³-hybridized carbons (Fsp3) is 0.500. The summed E-state index contributed by atoms with van der Waals surface area (Å²) in [6.07, 6.45) is 0.692. The highest BCUT2D eigenvalue weighted by molar-refractivity contribution is 7.89. The summed E-state index contributed by atoms with van der Waals surface area (Å²) >= 11 is 0. The second-order valence-electron chi connectivity index (χ2n) is 4.09. The fourth-order valence-electron chi connectivity index (χ4n) is 1.89. The van der Waals surface area contributed by atoms with Gasteiger partial charge >= 0.3 is 0 Å². The summed E-state index contributed by atoms with van der Waals surface area (Å²) in [7, 11) is -0.656. The van der Waals surface area contributed by atoms with E-state index in [0.717, 1.165) is 0 Å². The van der Waals surface area contributed by atoms with Crippen LogP contribution in [0.1, 0.15) is 6.42 Å². The van der Waals surface area contributed by atoms with Crippen molar-refractivity contribution in [1.29, 1.82) is 0 Å². The van der Waals surface area contributed by atoms with Crippen LogP contribution < -0.4 is 9.47 Å². The lowest BCUT2D eigenvalue weighted by Crippen LogP contribution is -2.38. The van der Waals surface area contributed by atoms with E-state index in [-0.39, 0.29) is 17.4 Å². The molecule has 0 bridgehead atoms. The normalized spacial score (nSPS) is 17.2. The lowest BCUT2D eigenvalue weighted by molar-refractivity contribution is 0.0312. The number of nitrogens with zero attached hydrogens (tertiary/aromatic N) is 1. The van der Waals surface area contributed by atoms with Crippen molar-refractivity contribution < 1.29 is 22.6 Å². The molecule has 1 aromatic rings. The molecule has 1 aromatic carbocycles. The molecule has 0 unspecified atom stereocenters. The lowest BCUT2D eigenvalue weighted by atomic mass is 10.3. The average Bonchev–Trinajstić information content (AvgIpc) is 2.47. The summed E-state index contributed by atoms with van der Waals surface area (Å²) in [4.78, 5) is 0.126. The predicted molar refractivity (Wildman–Crippen MR) is 68.9 cm³/mol. The maximum Gasteiger partial charge on any atom is 0.248 e. The minimum atomic E-state index is -3.60. The van der Waals surface area contributed by atoms with Crippen LogP contribution in [0.4, 0.5) is 0 Å². The van der Waals surface area contributed by atoms with Gasteiger partial charge in [-0.25, -0.2) is 8.42 Å². The first-order chi connectivity index (χ1) is 9.09. The van der Waals surface area contributed by atoms with Crippen molar-refractivity contribution in [3.8, 4) is 11.5 Å². The van der Waals surface area contributed by atoms with Gasteiger partial charge in [-0.1, -0.05) is 0 Å². The van der Waals surface area contributed by atoms with Crippen LogP contribution in [0.25, 0.3) is 0 Å². The standard InChI is InChI=1S/C12H17NO5S/c1-16-10-4-5-12(11(8-10)17-2)19(14,15)13-6-3-7-18-9-13/h4-5,8H,3,6-7,9H2,1-2H3. The summed E-state index contributed by atoms with van der Waals surface area (Å²) in [5, 5.41) is 0. The van der Waals surface area contributed by atoms with E-state index < -0.39 is 10.0 Å². The van der Waals surface area contributed by atoms with Gasteiger partial charge in [0, 0.05) is 19.2 Å². The molecule has 106 valence electrons. The molecule has 1 aliphatic rings. The third-order valence-electron chi connectivity index (χ3n) is 2.92. The number of hydrogen-bond acceptors (Lipinski definition) is 5. The predicted octanol–water partition coefficient (Wildman–Crippen LogP) is 1.07. The first kappa shape index (κ1) is 14.1. The van der Waals surface area contributed by atoms with Gasteiger partial charge < -0.3 is 14.2 Å². The van der Waals surface area contributed by atoms with Crippen LogP contribution >= 0.6 is 0 Å². The van der Waals surface area contributed by atoms with Gasteiger partial charge in [0.2, 0.25) is 10.0 Å². The first-order valence-corrected chi connectivity index (χ1v) is 7.33. The number of ether oxygens (including phenoxy) is 3. The highest BCUT2D eigenvalue weighted by Crippen LogP contribution is 2.31. The van der Waals surface area contributed by atoms with Gasteiger partial charge in [-0.3, -0.25) is 0 Å². The minimum Gasteiger partial charge on any atom is -0.497 e. The largest absolute Gasteiger partial charge is 0.497 e. The van der Waals surface area contributed by atoms with Crippen LogP contribution in [0.3, 0.4) is 0 Å². The van der Waals surface area contributed by atoms with Crippen LogP contribution in [-0.4, -0.2) is 46.8 Å². The molecule has 0 atom stereocenters. The molecule has 0 aromatic heterocycles. The number of benzene rings is 1. The Balaban J connectivity index is 2.39. The van der Waals surface area contributed by atoms with Gasteiger partial charge in [-0.15, -0.1) is 0 Å². The smallest absolute Gasteiger partial charge is 0.248 e. The van der Waals surface area contributed by atoms with Crippen LogP contribution in [-0.2, 0) is 14.8 Å². The quantitative estimate of drug-likeness (QED) is 0.829. The Morgan fingerprint density at radius 1 is 1.26 bits per heavy atom. The molecule has 1 heterocycles. The zero-order chi connectivity index (χ0) is 13.9. The van der Waals surface area contributed by atoms with E-state index in [1.54, 1.807) is 12.1 Å². The summed E-state index contributed by atoms with van der Waals surface area (Å²) in [5.41, 5.74) is 0. The van der Waals surface area contributed by atoms with E-state index in [1.165, 1.54) is 24.6 Å². The number of rotatable bonds is 4. The Kier molecular flexibility index (Phi) is 4.28.